The van der Waals surface area contributed by atoms with Crippen molar-refractivity contribution < 1.29 is 9.84 Å². The molecule has 76 valence electrons. The van der Waals surface area contributed by atoms with Crippen molar-refractivity contribution in [1.82, 2.24) is 0 Å². The summed E-state index contributed by atoms with van der Waals surface area (Å²) in [6.45, 7) is 8.06. The standard InChI is InChI=1S/C11H20O2/c1-5-6-11(4)8-7-10(2,3)9(12)13-11/h5-6,9,12H,7-8H2,1-4H3/b6-5+. The van der Waals surface area contributed by atoms with E-state index < -0.39 is 6.29 Å². The molecule has 0 aromatic rings. The van der Waals surface area contributed by atoms with E-state index >= 15 is 0 Å². The van der Waals surface area contributed by atoms with E-state index in [0.717, 1.165) is 12.8 Å². The molecule has 1 rings (SSSR count). The molecular weight excluding hydrogens is 164 g/mol. The van der Waals surface area contributed by atoms with Crippen molar-refractivity contribution in [3.63, 3.8) is 0 Å². The van der Waals surface area contributed by atoms with Crippen molar-refractivity contribution in [1.29, 1.82) is 0 Å². The van der Waals surface area contributed by atoms with Gasteiger partial charge in [-0.25, -0.2) is 0 Å². The summed E-state index contributed by atoms with van der Waals surface area (Å²) >= 11 is 0. The first kappa shape index (κ1) is 10.7. The lowest BCUT2D eigenvalue weighted by Crippen LogP contribution is -2.46. The third-order valence-corrected chi connectivity index (χ3v) is 2.83. The van der Waals surface area contributed by atoms with Gasteiger partial charge in [-0.15, -0.1) is 0 Å². The maximum atomic E-state index is 9.74. The molecule has 1 aliphatic heterocycles. The Morgan fingerprint density at radius 2 is 1.92 bits per heavy atom. The van der Waals surface area contributed by atoms with Gasteiger partial charge >= 0.3 is 0 Å². The zero-order valence-corrected chi connectivity index (χ0v) is 9.00. The van der Waals surface area contributed by atoms with Crippen LogP contribution in [0.15, 0.2) is 12.2 Å². The van der Waals surface area contributed by atoms with Crippen molar-refractivity contribution in [2.45, 2.75) is 52.4 Å². The molecule has 0 bridgehead atoms. The lowest BCUT2D eigenvalue weighted by molar-refractivity contribution is -0.243. The second kappa shape index (κ2) is 3.43. The molecule has 0 radical (unpaired) electrons. The number of ether oxygens (including phenoxy) is 1. The average Bonchev–Trinajstić information content (AvgIpc) is 1.99. The SMILES string of the molecule is C/C=C/C1(C)CCC(C)(C)C(O)O1. The Morgan fingerprint density at radius 1 is 1.31 bits per heavy atom. The van der Waals surface area contributed by atoms with Crippen LogP contribution in [-0.2, 0) is 4.74 Å². The molecule has 0 amide bonds. The first-order valence-corrected chi connectivity index (χ1v) is 4.89. The minimum absolute atomic E-state index is 0.110. The Bertz CT molecular complexity index is 208. The van der Waals surface area contributed by atoms with Crippen molar-refractivity contribution in [2.24, 2.45) is 5.41 Å². The van der Waals surface area contributed by atoms with Crippen LogP contribution in [0.2, 0.25) is 0 Å². The summed E-state index contributed by atoms with van der Waals surface area (Å²) in [5.74, 6) is 0. The topological polar surface area (TPSA) is 29.5 Å². The van der Waals surface area contributed by atoms with Crippen LogP contribution in [0.4, 0.5) is 0 Å². The van der Waals surface area contributed by atoms with Crippen LogP contribution in [0.5, 0.6) is 0 Å². The second-order valence-electron chi connectivity index (χ2n) is 4.77. The highest BCUT2D eigenvalue weighted by Gasteiger charge is 2.40. The molecule has 0 saturated carbocycles. The van der Waals surface area contributed by atoms with Crippen LogP contribution < -0.4 is 0 Å². The maximum absolute atomic E-state index is 9.74. The van der Waals surface area contributed by atoms with Gasteiger partial charge < -0.3 is 9.84 Å². The van der Waals surface area contributed by atoms with Crippen LogP contribution in [0, 0.1) is 5.41 Å². The molecule has 2 nitrogen and oxygen atoms in total. The van der Waals surface area contributed by atoms with Crippen LogP contribution in [0.3, 0.4) is 0 Å². The first-order chi connectivity index (χ1) is 5.90. The van der Waals surface area contributed by atoms with Gasteiger partial charge in [0.1, 0.15) is 0 Å². The predicted octanol–water partition coefficient (Wildman–Crippen LogP) is 2.48. The fourth-order valence-electron chi connectivity index (χ4n) is 1.64. The van der Waals surface area contributed by atoms with E-state index in [-0.39, 0.29) is 11.0 Å². The minimum Gasteiger partial charge on any atom is -0.367 e. The lowest BCUT2D eigenvalue weighted by Gasteiger charge is -2.43. The molecule has 1 saturated heterocycles. The minimum atomic E-state index is -0.651. The number of aliphatic hydroxyl groups is 1. The molecule has 1 fully saturated rings. The van der Waals surface area contributed by atoms with E-state index in [1.165, 1.54) is 0 Å². The van der Waals surface area contributed by atoms with Crippen molar-refractivity contribution in [3.8, 4) is 0 Å². The molecule has 1 heterocycles. The van der Waals surface area contributed by atoms with Gasteiger partial charge in [0.25, 0.3) is 0 Å². The number of hydrogen-bond acceptors (Lipinski definition) is 2. The maximum Gasteiger partial charge on any atom is 0.160 e. The van der Waals surface area contributed by atoms with Gasteiger partial charge in [-0.2, -0.15) is 0 Å². The molecular formula is C11H20O2. The predicted molar refractivity (Wildman–Crippen MR) is 53.3 cm³/mol. The third-order valence-electron chi connectivity index (χ3n) is 2.83. The number of rotatable bonds is 1. The van der Waals surface area contributed by atoms with Gasteiger partial charge in [0, 0.05) is 5.41 Å². The summed E-state index contributed by atoms with van der Waals surface area (Å²) in [6.07, 6.45) is 5.31. The van der Waals surface area contributed by atoms with Crippen molar-refractivity contribution >= 4 is 0 Å². The van der Waals surface area contributed by atoms with E-state index in [1.807, 2.05) is 39.8 Å². The van der Waals surface area contributed by atoms with Gasteiger partial charge in [-0.1, -0.05) is 26.0 Å². The molecule has 1 aliphatic rings. The molecule has 0 aromatic carbocycles. The van der Waals surface area contributed by atoms with E-state index in [1.54, 1.807) is 0 Å². The summed E-state index contributed by atoms with van der Waals surface area (Å²) in [6, 6.07) is 0. The molecule has 0 aromatic heterocycles. The van der Waals surface area contributed by atoms with Gasteiger partial charge in [0.05, 0.1) is 5.60 Å². The third kappa shape index (κ3) is 2.32. The Hall–Kier alpha value is -0.340. The molecule has 0 spiro atoms. The van der Waals surface area contributed by atoms with Crippen LogP contribution in [0.1, 0.15) is 40.5 Å². The highest BCUT2D eigenvalue weighted by atomic mass is 16.6. The fraction of sp³-hybridized carbons (Fsp3) is 0.818. The molecule has 13 heavy (non-hydrogen) atoms. The van der Waals surface area contributed by atoms with Crippen molar-refractivity contribution in [3.05, 3.63) is 12.2 Å². The quantitative estimate of drug-likeness (QED) is 0.634. The lowest BCUT2D eigenvalue weighted by atomic mass is 9.79. The van der Waals surface area contributed by atoms with Gasteiger partial charge in [0.15, 0.2) is 6.29 Å². The Balaban J connectivity index is 2.70. The molecule has 2 heteroatoms. The highest BCUT2D eigenvalue weighted by Crippen LogP contribution is 2.39. The first-order valence-electron chi connectivity index (χ1n) is 4.89. The summed E-state index contributed by atoms with van der Waals surface area (Å²) in [7, 11) is 0. The van der Waals surface area contributed by atoms with Crippen LogP contribution >= 0.6 is 0 Å². The summed E-state index contributed by atoms with van der Waals surface area (Å²) in [4.78, 5) is 0. The molecule has 0 aliphatic carbocycles. The molecule has 2 atom stereocenters. The zero-order valence-electron chi connectivity index (χ0n) is 9.00. The number of aliphatic hydroxyl groups excluding tert-OH is 1. The van der Waals surface area contributed by atoms with E-state index in [9.17, 15) is 5.11 Å². The summed E-state index contributed by atoms with van der Waals surface area (Å²) in [5.41, 5.74) is -0.384. The van der Waals surface area contributed by atoms with E-state index in [0.29, 0.717) is 0 Å². The van der Waals surface area contributed by atoms with Gasteiger partial charge in [-0.05, 0) is 26.7 Å². The normalized spacial score (nSPS) is 39.6. The van der Waals surface area contributed by atoms with Gasteiger partial charge in [-0.3, -0.25) is 0 Å². The average molecular weight is 184 g/mol. The Kier molecular flexibility index (Phi) is 2.83. The second-order valence-corrected chi connectivity index (χ2v) is 4.77. The molecule has 1 N–H and O–H groups in total. The monoisotopic (exact) mass is 184 g/mol. The van der Waals surface area contributed by atoms with Crippen molar-refractivity contribution in [2.75, 3.05) is 0 Å². The smallest absolute Gasteiger partial charge is 0.160 e. The Morgan fingerprint density at radius 3 is 2.38 bits per heavy atom. The number of allylic oxidation sites excluding steroid dienone is 1. The van der Waals surface area contributed by atoms with Crippen LogP contribution in [-0.4, -0.2) is 17.0 Å². The largest absolute Gasteiger partial charge is 0.367 e. The van der Waals surface area contributed by atoms with E-state index in [4.69, 9.17) is 4.74 Å². The number of hydrogen-bond donors (Lipinski definition) is 1. The highest BCUT2D eigenvalue weighted by molar-refractivity contribution is 5.01. The van der Waals surface area contributed by atoms with E-state index in [2.05, 4.69) is 0 Å². The fourth-order valence-corrected chi connectivity index (χ4v) is 1.64. The Labute approximate surface area is 80.6 Å². The van der Waals surface area contributed by atoms with Gasteiger partial charge in [0.2, 0.25) is 0 Å². The van der Waals surface area contributed by atoms with Crippen LogP contribution in [0.25, 0.3) is 0 Å². The summed E-state index contributed by atoms with van der Waals surface area (Å²) < 4.78 is 5.60. The zero-order chi connectivity index (χ0) is 10.1. The summed E-state index contributed by atoms with van der Waals surface area (Å²) in [5, 5.41) is 9.74. The molecule has 2 unspecified atom stereocenters.